The van der Waals surface area contributed by atoms with Crippen LogP contribution in [0.3, 0.4) is 0 Å². The first kappa shape index (κ1) is 14.4. The van der Waals surface area contributed by atoms with E-state index >= 15 is 0 Å². The quantitative estimate of drug-likeness (QED) is 0.671. The highest BCUT2D eigenvalue weighted by molar-refractivity contribution is 9.10. The molecule has 0 atom stereocenters. The van der Waals surface area contributed by atoms with E-state index in [9.17, 15) is 9.59 Å². The molecule has 1 heterocycles. The van der Waals surface area contributed by atoms with Gasteiger partial charge in [-0.3, -0.25) is 19.4 Å². The summed E-state index contributed by atoms with van der Waals surface area (Å²) in [7, 11) is 1.62. The zero-order valence-electron chi connectivity index (χ0n) is 9.81. The maximum absolute atomic E-state index is 11.2. The molecule has 0 radical (unpaired) electrons. The Labute approximate surface area is 126 Å². The number of halogens is 2. The average molecular weight is 363 g/mol. The van der Waals surface area contributed by atoms with Crippen molar-refractivity contribution in [2.45, 2.75) is 10.9 Å². The molecule has 0 saturated heterocycles. The maximum Gasteiger partial charge on any atom is 0.339 e. The molecule has 0 spiro atoms. The normalized spacial score (nSPS) is 10.7. The first-order chi connectivity index (χ1) is 8.97. The highest BCUT2D eigenvalue weighted by atomic mass is 79.9. The number of nitrogens with zero attached hydrogens (tertiary/aromatic N) is 2. The molecule has 100 valence electrons. The molecule has 0 aliphatic carbocycles. The molecule has 5 nitrogen and oxygen atoms in total. The van der Waals surface area contributed by atoms with Crippen molar-refractivity contribution in [3.05, 3.63) is 54.0 Å². The SMILES string of the molecule is Cn1[nH]c(=O)c(=O)nc1SCc1ccc(Br)cc1Cl. The Hall–Kier alpha value is -1.05. The summed E-state index contributed by atoms with van der Waals surface area (Å²) in [6.07, 6.45) is 0. The zero-order chi connectivity index (χ0) is 14.0. The van der Waals surface area contributed by atoms with Crippen LogP contribution in [0.4, 0.5) is 0 Å². The minimum atomic E-state index is -0.789. The second-order valence-electron chi connectivity index (χ2n) is 3.72. The fourth-order valence-corrected chi connectivity index (χ4v) is 3.11. The lowest BCUT2D eigenvalue weighted by Crippen LogP contribution is -2.33. The Morgan fingerprint density at radius 1 is 1.47 bits per heavy atom. The summed E-state index contributed by atoms with van der Waals surface area (Å²) in [5.41, 5.74) is -0.591. The Balaban J connectivity index is 2.21. The van der Waals surface area contributed by atoms with Crippen LogP contribution in [0, 0.1) is 0 Å². The van der Waals surface area contributed by atoms with Crippen LogP contribution in [0.5, 0.6) is 0 Å². The molecule has 2 aromatic rings. The van der Waals surface area contributed by atoms with E-state index in [4.69, 9.17) is 11.6 Å². The largest absolute Gasteiger partial charge is 0.339 e. The molecule has 19 heavy (non-hydrogen) atoms. The number of thioether (sulfide) groups is 1. The third kappa shape index (κ3) is 3.49. The number of hydrogen-bond donors (Lipinski definition) is 1. The van der Waals surface area contributed by atoms with Crippen molar-refractivity contribution in [3.8, 4) is 0 Å². The molecule has 1 aromatic heterocycles. The number of rotatable bonds is 3. The van der Waals surface area contributed by atoms with Crippen LogP contribution in [0.25, 0.3) is 0 Å². The Bertz CT molecular complexity index is 729. The van der Waals surface area contributed by atoms with Crippen LogP contribution in [0.15, 0.2) is 37.4 Å². The van der Waals surface area contributed by atoms with Gasteiger partial charge < -0.3 is 0 Å². The van der Waals surface area contributed by atoms with Crippen LogP contribution in [0.2, 0.25) is 5.02 Å². The lowest BCUT2D eigenvalue weighted by atomic mass is 10.2. The Morgan fingerprint density at radius 2 is 2.21 bits per heavy atom. The molecule has 0 bridgehead atoms. The van der Waals surface area contributed by atoms with Gasteiger partial charge in [0, 0.05) is 22.3 Å². The minimum Gasteiger partial charge on any atom is -0.265 e. The average Bonchev–Trinajstić information content (AvgIpc) is 2.34. The molecule has 1 N–H and O–H groups in total. The molecular formula is C11H9BrClN3O2S. The van der Waals surface area contributed by atoms with Crippen LogP contribution in [-0.2, 0) is 12.8 Å². The highest BCUT2D eigenvalue weighted by Crippen LogP contribution is 2.26. The molecule has 2 rings (SSSR count). The summed E-state index contributed by atoms with van der Waals surface area (Å²) in [4.78, 5) is 26.0. The van der Waals surface area contributed by atoms with E-state index in [2.05, 4.69) is 26.0 Å². The first-order valence-electron chi connectivity index (χ1n) is 5.21. The summed E-state index contributed by atoms with van der Waals surface area (Å²) in [5, 5.41) is 3.46. The maximum atomic E-state index is 11.2. The fourth-order valence-electron chi connectivity index (χ4n) is 1.37. The van der Waals surface area contributed by atoms with Gasteiger partial charge >= 0.3 is 11.1 Å². The first-order valence-corrected chi connectivity index (χ1v) is 7.37. The van der Waals surface area contributed by atoms with E-state index in [1.165, 1.54) is 16.4 Å². The predicted molar refractivity (Wildman–Crippen MR) is 78.8 cm³/mol. The molecular weight excluding hydrogens is 354 g/mol. The molecule has 0 unspecified atom stereocenters. The molecule has 8 heteroatoms. The van der Waals surface area contributed by atoms with Gasteiger partial charge in [-0.15, -0.1) is 0 Å². The lowest BCUT2D eigenvalue weighted by Gasteiger charge is -2.07. The van der Waals surface area contributed by atoms with Crippen LogP contribution >= 0.6 is 39.3 Å². The van der Waals surface area contributed by atoms with E-state index in [1.54, 1.807) is 13.1 Å². The van der Waals surface area contributed by atoms with E-state index in [0.29, 0.717) is 15.9 Å². The van der Waals surface area contributed by atoms with Crippen molar-refractivity contribution in [2.75, 3.05) is 0 Å². The van der Waals surface area contributed by atoms with E-state index in [0.717, 1.165) is 10.0 Å². The third-order valence-corrected chi connectivity index (χ3v) is 4.24. The monoisotopic (exact) mass is 361 g/mol. The van der Waals surface area contributed by atoms with Crippen LogP contribution < -0.4 is 11.1 Å². The Kier molecular flexibility index (Phi) is 4.49. The summed E-state index contributed by atoms with van der Waals surface area (Å²) >= 11 is 10.8. The number of aromatic nitrogens is 3. The molecule has 0 amide bonds. The standard InChI is InChI=1S/C11H9BrClN3O2S/c1-16-11(14-9(17)10(18)15-16)19-5-6-2-3-7(12)4-8(6)13/h2-4H,5H2,1H3,(H,15,18). The number of aromatic amines is 1. The number of hydrogen-bond acceptors (Lipinski definition) is 4. The molecule has 0 aliphatic rings. The van der Waals surface area contributed by atoms with Crippen molar-refractivity contribution in [1.29, 1.82) is 0 Å². The van der Waals surface area contributed by atoms with Crippen molar-refractivity contribution in [2.24, 2.45) is 7.05 Å². The Morgan fingerprint density at radius 3 is 2.89 bits per heavy atom. The van der Waals surface area contributed by atoms with Gasteiger partial charge in [0.1, 0.15) is 0 Å². The summed E-state index contributed by atoms with van der Waals surface area (Å²) in [6, 6.07) is 5.58. The van der Waals surface area contributed by atoms with Gasteiger partial charge in [-0.2, -0.15) is 4.98 Å². The van der Waals surface area contributed by atoms with Crippen molar-refractivity contribution in [1.82, 2.24) is 14.8 Å². The second-order valence-corrected chi connectivity index (χ2v) is 5.99. The van der Waals surface area contributed by atoms with E-state index < -0.39 is 11.1 Å². The highest BCUT2D eigenvalue weighted by Gasteiger charge is 2.07. The smallest absolute Gasteiger partial charge is 0.265 e. The number of aryl methyl sites for hydroxylation is 1. The van der Waals surface area contributed by atoms with Crippen molar-refractivity contribution in [3.63, 3.8) is 0 Å². The van der Waals surface area contributed by atoms with Crippen LogP contribution in [-0.4, -0.2) is 14.8 Å². The van der Waals surface area contributed by atoms with E-state index in [-0.39, 0.29) is 0 Å². The van der Waals surface area contributed by atoms with Gasteiger partial charge in [0.05, 0.1) is 0 Å². The second kappa shape index (κ2) is 5.94. The molecule has 0 aliphatic heterocycles. The lowest BCUT2D eigenvalue weighted by molar-refractivity contribution is 0.596. The number of benzene rings is 1. The fraction of sp³-hybridized carbons (Fsp3) is 0.182. The summed E-state index contributed by atoms with van der Waals surface area (Å²) in [6.45, 7) is 0. The summed E-state index contributed by atoms with van der Waals surface area (Å²) in [5.74, 6) is 0.554. The van der Waals surface area contributed by atoms with Gasteiger partial charge in [0.25, 0.3) is 0 Å². The topological polar surface area (TPSA) is 67.8 Å². The van der Waals surface area contributed by atoms with Crippen molar-refractivity contribution < 1.29 is 0 Å². The van der Waals surface area contributed by atoms with Gasteiger partial charge in [-0.25, -0.2) is 0 Å². The third-order valence-electron chi connectivity index (χ3n) is 2.32. The number of nitrogens with one attached hydrogen (secondary N) is 1. The minimum absolute atomic E-state index is 0.434. The van der Waals surface area contributed by atoms with Gasteiger partial charge in [0.15, 0.2) is 5.16 Å². The van der Waals surface area contributed by atoms with Gasteiger partial charge in [-0.05, 0) is 17.7 Å². The zero-order valence-corrected chi connectivity index (χ0v) is 13.0. The molecule has 1 aromatic carbocycles. The molecule has 0 saturated carbocycles. The van der Waals surface area contributed by atoms with Crippen molar-refractivity contribution >= 4 is 39.3 Å². The molecule has 0 fully saturated rings. The predicted octanol–water partition coefficient (Wildman–Crippen LogP) is 2.18. The summed E-state index contributed by atoms with van der Waals surface area (Å²) < 4.78 is 2.32. The van der Waals surface area contributed by atoms with E-state index in [1.807, 2.05) is 12.1 Å². The van der Waals surface area contributed by atoms with Gasteiger partial charge in [0.2, 0.25) is 0 Å². The van der Waals surface area contributed by atoms with Gasteiger partial charge in [-0.1, -0.05) is 45.4 Å². The van der Waals surface area contributed by atoms with Crippen LogP contribution in [0.1, 0.15) is 5.56 Å². The number of H-pyrrole nitrogens is 1.